The molecule has 2 aromatic heterocycles. The summed E-state index contributed by atoms with van der Waals surface area (Å²) in [6.45, 7) is 4.53. The van der Waals surface area contributed by atoms with Crippen molar-refractivity contribution in [3.63, 3.8) is 0 Å². The molecule has 3 rings (SSSR count). The van der Waals surface area contributed by atoms with E-state index in [-0.39, 0.29) is 30.1 Å². The number of amides is 1. The van der Waals surface area contributed by atoms with Gasteiger partial charge in [-0.25, -0.2) is 8.78 Å². The minimum absolute atomic E-state index is 0.0582. The zero-order valence-electron chi connectivity index (χ0n) is 13.7. The Morgan fingerprint density at radius 2 is 2.12 bits per heavy atom. The fourth-order valence-electron chi connectivity index (χ4n) is 2.67. The Kier molecular flexibility index (Phi) is 4.64. The molecule has 130 valence electrons. The third-order valence-corrected chi connectivity index (χ3v) is 4.15. The number of carbonyl (C=O) groups is 1. The summed E-state index contributed by atoms with van der Waals surface area (Å²) in [5.74, 6) is -0.0187. The Morgan fingerprint density at radius 3 is 2.71 bits per heavy atom. The largest absolute Gasteiger partial charge is 0.346 e. The number of carbonyl (C=O) groups excluding carboxylic acids is 1. The van der Waals surface area contributed by atoms with Crippen LogP contribution in [-0.2, 0) is 17.9 Å². The maximum Gasteiger partial charge on any atom is 0.282 e. The smallest absolute Gasteiger partial charge is 0.282 e. The number of aryl methyl sites for hydroxylation is 1. The van der Waals surface area contributed by atoms with Crippen molar-refractivity contribution < 1.29 is 13.6 Å². The van der Waals surface area contributed by atoms with E-state index in [1.807, 2.05) is 26.1 Å². The fraction of sp³-hybridized carbons (Fsp3) is 0.562. The molecule has 1 atom stereocenters. The molecule has 0 saturated heterocycles. The molecule has 1 fully saturated rings. The first-order chi connectivity index (χ1) is 11.5. The van der Waals surface area contributed by atoms with Gasteiger partial charge < -0.3 is 5.32 Å². The molecule has 1 aliphatic rings. The van der Waals surface area contributed by atoms with Gasteiger partial charge in [-0.1, -0.05) is 0 Å². The summed E-state index contributed by atoms with van der Waals surface area (Å²) in [5, 5.41) is 11.1. The van der Waals surface area contributed by atoms with Gasteiger partial charge in [0.2, 0.25) is 5.91 Å². The molecule has 1 unspecified atom stereocenters. The summed E-state index contributed by atoms with van der Waals surface area (Å²) >= 11 is 0. The summed E-state index contributed by atoms with van der Waals surface area (Å²) in [5.41, 5.74) is 1.23. The van der Waals surface area contributed by atoms with E-state index >= 15 is 0 Å². The first-order valence-electron chi connectivity index (χ1n) is 8.16. The van der Waals surface area contributed by atoms with Crippen molar-refractivity contribution in [2.24, 2.45) is 0 Å². The lowest BCUT2D eigenvalue weighted by atomic mass is 10.2. The molecule has 0 aromatic carbocycles. The van der Waals surface area contributed by atoms with Crippen molar-refractivity contribution in [3.05, 3.63) is 35.4 Å². The zero-order chi connectivity index (χ0) is 17.3. The molecule has 0 radical (unpaired) electrons. The van der Waals surface area contributed by atoms with Crippen LogP contribution in [0.3, 0.4) is 0 Å². The van der Waals surface area contributed by atoms with Crippen LogP contribution >= 0.6 is 0 Å². The number of alkyl halides is 2. The highest BCUT2D eigenvalue weighted by Crippen LogP contribution is 2.41. The van der Waals surface area contributed by atoms with E-state index in [0.717, 1.165) is 30.8 Å². The summed E-state index contributed by atoms with van der Waals surface area (Å²) in [6.07, 6.45) is 1.15. The molecule has 0 spiro atoms. The summed E-state index contributed by atoms with van der Waals surface area (Å²) in [7, 11) is 0. The van der Waals surface area contributed by atoms with Gasteiger partial charge >= 0.3 is 0 Å². The quantitative estimate of drug-likeness (QED) is 0.845. The van der Waals surface area contributed by atoms with Gasteiger partial charge in [-0.3, -0.25) is 14.2 Å². The average molecular weight is 337 g/mol. The minimum atomic E-state index is -2.62. The van der Waals surface area contributed by atoms with Crippen molar-refractivity contribution in [1.29, 1.82) is 0 Å². The van der Waals surface area contributed by atoms with Crippen LogP contribution in [0.25, 0.3) is 0 Å². The molecule has 0 aliphatic heterocycles. The monoisotopic (exact) mass is 337 g/mol. The van der Waals surface area contributed by atoms with Gasteiger partial charge in [-0.2, -0.15) is 10.2 Å². The molecule has 8 heteroatoms. The molecule has 1 saturated carbocycles. The Balaban J connectivity index is 1.66. The van der Waals surface area contributed by atoms with E-state index in [1.165, 1.54) is 10.7 Å². The van der Waals surface area contributed by atoms with Gasteiger partial charge in [0.05, 0.1) is 11.7 Å². The molecule has 1 N–H and O–H groups in total. The zero-order valence-corrected chi connectivity index (χ0v) is 13.7. The minimum Gasteiger partial charge on any atom is -0.346 e. The highest BCUT2D eigenvalue weighted by molar-refractivity contribution is 5.76. The van der Waals surface area contributed by atoms with E-state index in [2.05, 4.69) is 15.5 Å². The number of hydrogen-bond acceptors (Lipinski definition) is 3. The Morgan fingerprint density at radius 1 is 1.38 bits per heavy atom. The topological polar surface area (TPSA) is 64.7 Å². The summed E-state index contributed by atoms with van der Waals surface area (Å²) < 4.78 is 28.9. The lowest BCUT2D eigenvalue weighted by Gasteiger charge is -2.13. The van der Waals surface area contributed by atoms with Gasteiger partial charge in [0.1, 0.15) is 12.2 Å². The standard InChI is InChI=1S/C16H21F2N5O/c1-3-22-7-6-12(20-22)10(2)19-15(24)9-23-14(11-4-5-11)8-13(21-23)16(17)18/h6-8,10-11,16H,3-5,9H2,1-2H3,(H,19,24). The van der Waals surface area contributed by atoms with Gasteiger partial charge in [0.25, 0.3) is 6.43 Å². The average Bonchev–Trinajstić information content (AvgIpc) is 3.11. The molecule has 2 heterocycles. The Hall–Kier alpha value is -2.25. The SMILES string of the molecule is CCn1ccc(C(C)NC(=O)Cn2nc(C(F)F)cc2C2CC2)n1. The normalized spacial score (nSPS) is 15.7. The number of aromatic nitrogens is 4. The fourth-order valence-corrected chi connectivity index (χ4v) is 2.67. The second kappa shape index (κ2) is 6.70. The Bertz CT molecular complexity index is 720. The van der Waals surface area contributed by atoms with Crippen LogP contribution in [0.5, 0.6) is 0 Å². The van der Waals surface area contributed by atoms with Crippen molar-refractivity contribution >= 4 is 5.91 Å². The van der Waals surface area contributed by atoms with Crippen LogP contribution in [0.15, 0.2) is 18.3 Å². The van der Waals surface area contributed by atoms with Crippen molar-refractivity contribution in [1.82, 2.24) is 24.9 Å². The summed E-state index contributed by atoms with van der Waals surface area (Å²) in [6, 6.07) is 3.02. The third-order valence-electron chi connectivity index (χ3n) is 4.15. The first kappa shape index (κ1) is 16.6. The molecule has 6 nitrogen and oxygen atoms in total. The molecule has 1 amide bonds. The lowest BCUT2D eigenvalue weighted by molar-refractivity contribution is -0.122. The van der Waals surface area contributed by atoms with Gasteiger partial charge in [-0.05, 0) is 38.8 Å². The maximum atomic E-state index is 12.9. The molecule has 0 bridgehead atoms. The number of nitrogens with zero attached hydrogens (tertiary/aromatic N) is 4. The number of hydrogen-bond donors (Lipinski definition) is 1. The van der Waals surface area contributed by atoms with Gasteiger partial charge in [0.15, 0.2) is 0 Å². The van der Waals surface area contributed by atoms with E-state index in [9.17, 15) is 13.6 Å². The van der Waals surface area contributed by atoms with E-state index in [0.29, 0.717) is 0 Å². The predicted molar refractivity (Wildman–Crippen MR) is 83.6 cm³/mol. The highest BCUT2D eigenvalue weighted by Gasteiger charge is 2.30. The number of rotatable bonds is 7. The first-order valence-corrected chi connectivity index (χ1v) is 8.16. The van der Waals surface area contributed by atoms with Gasteiger partial charge in [-0.15, -0.1) is 0 Å². The second-order valence-corrected chi connectivity index (χ2v) is 6.11. The Labute approximate surface area is 138 Å². The summed E-state index contributed by atoms with van der Waals surface area (Å²) in [4.78, 5) is 12.3. The van der Waals surface area contributed by atoms with Crippen molar-refractivity contribution in [2.75, 3.05) is 0 Å². The molecule has 2 aromatic rings. The predicted octanol–water partition coefficient (Wildman–Crippen LogP) is 2.79. The van der Waals surface area contributed by atoms with Crippen LogP contribution in [0.1, 0.15) is 62.2 Å². The second-order valence-electron chi connectivity index (χ2n) is 6.11. The number of nitrogens with one attached hydrogen (secondary N) is 1. The number of halogens is 2. The van der Waals surface area contributed by atoms with Crippen LogP contribution in [0.4, 0.5) is 8.78 Å². The molecular weight excluding hydrogens is 316 g/mol. The van der Waals surface area contributed by atoms with Crippen LogP contribution < -0.4 is 5.32 Å². The maximum absolute atomic E-state index is 12.9. The molecule has 24 heavy (non-hydrogen) atoms. The van der Waals surface area contributed by atoms with Gasteiger partial charge in [0, 0.05) is 24.4 Å². The van der Waals surface area contributed by atoms with E-state index in [4.69, 9.17) is 0 Å². The van der Waals surface area contributed by atoms with Crippen molar-refractivity contribution in [3.8, 4) is 0 Å². The lowest BCUT2D eigenvalue weighted by Crippen LogP contribution is -2.31. The van der Waals surface area contributed by atoms with Crippen molar-refractivity contribution in [2.45, 2.75) is 58.2 Å². The highest BCUT2D eigenvalue weighted by atomic mass is 19.3. The molecule has 1 aliphatic carbocycles. The third kappa shape index (κ3) is 3.63. The van der Waals surface area contributed by atoms with Crippen LogP contribution in [-0.4, -0.2) is 25.5 Å². The van der Waals surface area contributed by atoms with Crippen LogP contribution in [0, 0.1) is 0 Å². The van der Waals surface area contributed by atoms with E-state index in [1.54, 1.807) is 4.68 Å². The molecular formula is C16H21F2N5O. The van der Waals surface area contributed by atoms with Crippen LogP contribution in [0.2, 0.25) is 0 Å². The van der Waals surface area contributed by atoms with E-state index < -0.39 is 6.43 Å².